The zero-order chi connectivity index (χ0) is 14.9. The third-order valence-electron chi connectivity index (χ3n) is 3.09. The van der Waals surface area contributed by atoms with Gasteiger partial charge in [-0.1, -0.05) is 60.7 Å². The molecular weight excluding hydrogens is 268 g/mol. The lowest BCUT2D eigenvalue weighted by Crippen LogP contribution is -2.20. The van der Waals surface area contributed by atoms with E-state index in [0.717, 1.165) is 11.1 Å². The minimum Gasteiger partial charge on any atom is -0.461 e. The second-order valence-corrected chi connectivity index (χ2v) is 4.77. The van der Waals surface area contributed by atoms with Crippen LogP contribution < -0.4 is 0 Å². The van der Waals surface area contributed by atoms with Crippen molar-refractivity contribution in [2.45, 2.75) is 25.6 Å². The van der Waals surface area contributed by atoms with E-state index in [4.69, 9.17) is 9.99 Å². The van der Waals surface area contributed by atoms with E-state index < -0.39 is 12.1 Å². The summed E-state index contributed by atoms with van der Waals surface area (Å²) in [4.78, 5) is 16.1. The fourth-order valence-corrected chi connectivity index (χ4v) is 2.01. The predicted octanol–water partition coefficient (Wildman–Crippen LogP) is 3.22. The standard InChI is InChI=1S/C17H18O4/c18-17(20-13-15-9-5-2-6-10-15)12-16(21-19)11-14-7-3-1-4-8-14/h1-10,16,19H,11-13H2. The number of benzene rings is 2. The number of esters is 1. The lowest BCUT2D eigenvalue weighted by Gasteiger charge is -2.13. The lowest BCUT2D eigenvalue weighted by molar-refractivity contribution is -0.279. The molecule has 0 bridgehead atoms. The highest BCUT2D eigenvalue weighted by atomic mass is 17.1. The predicted molar refractivity (Wildman–Crippen MR) is 78.5 cm³/mol. The summed E-state index contributed by atoms with van der Waals surface area (Å²) in [7, 11) is 0. The Hall–Kier alpha value is -2.17. The SMILES string of the molecule is O=C(CC(Cc1ccccc1)OO)OCc1ccccc1. The Labute approximate surface area is 123 Å². The van der Waals surface area contributed by atoms with Gasteiger partial charge in [0.15, 0.2) is 0 Å². The summed E-state index contributed by atoms with van der Waals surface area (Å²) >= 11 is 0. The highest BCUT2D eigenvalue weighted by molar-refractivity contribution is 5.70. The first kappa shape index (κ1) is 15.2. The third-order valence-corrected chi connectivity index (χ3v) is 3.09. The van der Waals surface area contributed by atoms with Crippen LogP contribution in [-0.2, 0) is 27.4 Å². The van der Waals surface area contributed by atoms with E-state index >= 15 is 0 Å². The second kappa shape index (κ2) is 8.19. The minimum atomic E-state index is -0.601. The minimum absolute atomic E-state index is 0.0121. The topological polar surface area (TPSA) is 55.8 Å². The molecule has 2 aromatic carbocycles. The fraction of sp³-hybridized carbons (Fsp3) is 0.235. The normalized spacial score (nSPS) is 11.9. The highest BCUT2D eigenvalue weighted by Gasteiger charge is 2.16. The number of ether oxygens (including phenoxy) is 1. The van der Waals surface area contributed by atoms with Gasteiger partial charge in [-0.05, 0) is 11.1 Å². The van der Waals surface area contributed by atoms with Gasteiger partial charge in [0.25, 0.3) is 0 Å². The molecule has 4 heteroatoms. The number of hydrogen-bond donors (Lipinski definition) is 1. The molecule has 0 saturated carbocycles. The zero-order valence-corrected chi connectivity index (χ0v) is 11.6. The van der Waals surface area contributed by atoms with Crippen molar-refractivity contribution in [3.63, 3.8) is 0 Å². The quantitative estimate of drug-likeness (QED) is 0.482. The van der Waals surface area contributed by atoms with Gasteiger partial charge in [-0.3, -0.25) is 10.1 Å². The Balaban J connectivity index is 1.80. The molecule has 0 fully saturated rings. The summed E-state index contributed by atoms with van der Waals surface area (Å²) in [5, 5.41) is 8.91. The maximum absolute atomic E-state index is 11.8. The van der Waals surface area contributed by atoms with E-state index in [1.807, 2.05) is 60.7 Å². The highest BCUT2D eigenvalue weighted by Crippen LogP contribution is 2.10. The molecule has 110 valence electrons. The summed E-state index contributed by atoms with van der Waals surface area (Å²) in [6.45, 7) is 0.225. The van der Waals surface area contributed by atoms with Gasteiger partial charge in [0.05, 0.1) is 6.42 Å². The van der Waals surface area contributed by atoms with Crippen LogP contribution in [0.2, 0.25) is 0 Å². The summed E-state index contributed by atoms with van der Waals surface area (Å²) < 4.78 is 5.17. The molecule has 1 unspecified atom stereocenters. The van der Waals surface area contributed by atoms with Crippen LogP contribution in [0.1, 0.15) is 17.5 Å². The Morgan fingerprint density at radius 2 is 1.52 bits per heavy atom. The molecule has 0 spiro atoms. The Kier molecular flexibility index (Phi) is 5.94. The van der Waals surface area contributed by atoms with Gasteiger partial charge in [0, 0.05) is 6.42 Å². The summed E-state index contributed by atoms with van der Waals surface area (Å²) in [5.41, 5.74) is 1.92. The van der Waals surface area contributed by atoms with E-state index in [-0.39, 0.29) is 13.0 Å². The molecular formula is C17H18O4. The Morgan fingerprint density at radius 3 is 2.10 bits per heavy atom. The lowest BCUT2D eigenvalue weighted by atomic mass is 10.1. The molecule has 0 aliphatic carbocycles. The molecule has 0 heterocycles. The van der Waals surface area contributed by atoms with Crippen LogP contribution in [0.3, 0.4) is 0 Å². The van der Waals surface area contributed by atoms with Gasteiger partial charge in [0.2, 0.25) is 0 Å². The van der Waals surface area contributed by atoms with Crippen molar-refractivity contribution in [2.75, 3.05) is 0 Å². The smallest absolute Gasteiger partial charge is 0.308 e. The van der Waals surface area contributed by atoms with Crippen molar-refractivity contribution in [3.8, 4) is 0 Å². The molecule has 0 aliphatic rings. The van der Waals surface area contributed by atoms with Gasteiger partial charge >= 0.3 is 5.97 Å². The van der Waals surface area contributed by atoms with Gasteiger partial charge in [-0.2, -0.15) is 0 Å². The fourth-order valence-electron chi connectivity index (χ4n) is 2.01. The summed E-state index contributed by atoms with van der Waals surface area (Å²) in [5.74, 6) is -0.395. The van der Waals surface area contributed by atoms with Crippen molar-refractivity contribution in [1.82, 2.24) is 0 Å². The largest absolute Gasteiger partial charge is 0.461 e. The van der Waals surface area contributed by atoms with Gasteiger partial charge in [-0.25, -0.2) is 4.89 Å². The van der Waals surface area contributed by atoms with Gasteiger partial charge < -0.3 is 4.74 Å². The van der Waals surface area contributed by atoms with Crippen molar-refractivity contribution < 1.29 is 19.7 Å². The first-order valence-corrected chi connectivity index (χ1v) is 6.81. The van der Waals surface area contributed by atoms with Crippen molar-refractivity contribution >= 4 is 5.97 Å². The zero-order valence-electron chi connectivity index (χ0n) is 11.6. The van der Waals surface area contributed by atoms with Crippen molar-refractivity contribution in [3.05, 3.63) is 71.8 Å². The summed E-state index contributed by atoms with van der Waals surface area (Å²) in [6, 6.07) is 19.0. The van der Waals surface area contributed by atoms with E-state index in [9.17, 15) is 4.79 Å². The maximum atomic E-state index is 11.8. The Bertz CT molecular complexity index is 539. The number of hydrogen-bond acceptors (Lipinski definition) is 4. The van der Waals surface area contributed by atoms with Crippen molar-refractivity contribution in [1.29, 1.82) is 0 Å². The van der Waals surface area contributed by atoms with Crippen LogP contribution in [0.15, 0.2) is 60.7 Å². The van der Waals surface area contributed by atoms with Gasteiger partial charge in [0.1, 0.15) is 12.7 Å². The molecule has 4 nitrogen and oxygen atoms in total. The van der Waals surface area contributed by atoms with E-state index in [2.05, 4.69) is 4.89 Å². The molecule has 0 radical (unpaired) electrons. The maximum Gasteiger partial charge on any atom is 0.308 e. The number of carbonyl (C=O) groups excluding carboxylic acids is 1. The van der Waals surface area contributed by atoms with Crippen LogP contribution in [0, 0.1) is 0 Å². The second-order valence-electron chi connectivity index (χ2n) is 4.77. The molecule has 21 heavy (non-hydrogen) atoms. The molecule has 0 aliphatic heterocycles. The van der Waals surface area contributed by atoms with Crippen LogP contribution in [-0.4, -0.2) is 17.3 Å². The molecule has 0 aromatic heterocycles. The first-order chi connectivity index (χ1) is 10.3. The van der Waals surface area contributed by atoms with Crippen LogP contribution in [0.25, 0.3) is 0 Å². The number of carbonyl (C=O) groups is 1. The monoisotopic (exact) mass is 286 g/mol. The Morgan fingerprint density at radius 1 is 0.952 bits per heavy atom. The van der Waals surface area contributed by atoms with Crippen LogP contribution >= 0.6 is 0 Å². The molecule has 2 aromatic rings. The van der Waals surface area contributed by atoms with E-state index in [1.165, 1.54) is 0 Å². The molecule has 2 rings (SSSR count). The van der Waals surface area contributed by atoms with Crippen molar-refractivity contribution in [2.24, 2.45) is 0 Å². The van der Waals surface area contributed by atoms with Crippen LogP contribution in [0.4, 0.5) is 0 Å². The average Bonchev–Trinajstić information content (AvgIpc) is 2.54. The molecule has 1 atom stereocenters. The molecule has 0 amide bonds. The average molecular weight is 286 g/mol. The van der Waals surface area contributed by atoms with E-state index in [0.29, 0.717) is 6.42 Å². The molecule has 0 saturated heterocycles. The van der Waals surface area contributed by atoms with Gasteiger partial charge in [-0.15, -0.1) is 0 Å². The summed E-state index contributed by atoms with van der Waals surface area (Å²) in [6.07, 6.45) is -0.133. The number of rotatable bonds is 7. The van der Waals surface area contributed by atoms with Crippen LogP contribution in [0.5, 0.6) is 0 Å². The van der Waals surface area contributed by atoms with E-state index in [1.54, 1.807) is 0 Å². The third kappa shape index (κ3) is 5.38. The first-order valence-electron chi connectivity index (χ1n) is 6.81. The molecule has 1 N–H and O–H groups in total.